The third-order valence-corrected chi connectivity index (χ3v) is 9.00. The molecule has 2 aliphatic heterocycles. The van der Waals surface area contributed by atoms with Gasteiger partial charge in [0.25, 0.3) is 0 Å². The van der Waals surface area contributed by atoms with Crippen molar-refractivity contribution in [3.05, 3.63) is 64.1 Å². The molecule has 1 aliphatic carbocycles. The van der Waals surface area contributed by atoms with Gasteiger partial charge in [0.2, 0.25) is 0 Å². The topological polar surface area (TPSA) is 45.4 Å². The van der Waals surface area contributed by atoms with Crippen molar-refractivity contribution in [1.82, 2.24) is 18.9 Å². The molecule has 0 atom stereocenters. The zero-order valence-corrected chi connectivity index (χ0v) is 22.6. The van der Waals surface area contributed by atoms with Gasteiger partial charge in [-0.3, -0.25) is 9.13 Å². The van der Waals surface area contributed by atoms with Crippen LogP contribution in [0.15, 0.2) is 47.3 Å². The lowest BCUT2D eigenvalue weighted by Gasteiger charge is -2.34. The van der Waals surface area contributed by atoms with Crippen LogP contribution in [0.5, 0.6) is 0 Å². The molecule has 0 spiro atoms. The van der Waals surface area contributed by atoms with Gasteiger partial charge in [-0.1, -0.05) is 24.6 Å². The molecule has 196 valence electrons. The summed E-state index contributed by atoms with van der Waals surface area (Å²) in [6, 6.07) is 15.2. The van der Waals surface area contributed by atoms with Gasteiger partial charge in [-0.25, -0.2) is 4.79 Å². The molecule has 1 aromatic heterocycles. The number of thiocarbonyl (C=S) groups is 1. The molecule has 3 aliphatic rings. The van der Waals surface area contributed by atoms with E-state index in [-0.39, 0.29) is 11.7 Å². The van der Waals surface area contributed by atoms with Gasteiger partial charge in [-0.2, -0.15) is 0 Å². The summed E-state index contributed by atoms with van der Waals surface area (Å²) < 4.78 is 4.09. The number of hydrogen-bond donors (Lipinski definition) is 1. The van der Waals surface area contributed by atoms with E-state index in [2.05, 4.69) is 62.1 Å². The predicted molar refractivity (Wildman–Crippen MR) is 156 cm³/mol. The third kappa shape index (κ3) is 5.21. The van der Waals surface area contributed by atoms with Crippen LogP contribution in [0.3, 0.4) is 0 Å². The predicted octanol–water partition coefficient (Wildman–Crippen LogP) is 5.20. The number of benzene rings is 2. The number of imidazole rings is 1. The zero-order chi connectivity index (χ0) is 25.2. The number of piperidine rings is 2. The highest BCUT2D eigenvalue weighted by Crippen LogP contribution is 2.28. The number of likely N-dealkylation sites (tertiary alicyclic amines) is 2. The van der Waals surface area contributed by atoms with Crippen molar-refractivity contribution in [2.24, 2.45) is 0 Å². The summed E-state index contributed by atoms with van der Waals surface area (Å²) in [5, 5.41) is 4.27. The third-order valence-electron chi connectivity index (χ3n) is 8.64. The maximum absolute atomic E-state index is 13.7. The first kappa shape index (κ1) is 24.7. The van der Waals surface area contributed by atoms with E-state index in [1.165, 1.54) is 62.7 Å². The highest BCUT2D eigenvalue weighted by Gasteiger charge is 2.26. The van der Waals surface area contributed by atoms with E-state index in [1.807, 2.05) is 4.57 Å². The van der Waals surface area contributed by atoms with E-state index in [0.29, 0.717) is 0 Å². The van der Waals surface area contributed by atoms with Crippen LogP contribution in [0.2, 0.25) is 0 Å². The molecule has 0 amide bonds. The lowest BCUT2D eigenvalue weighted by molar-refractivity contribution is 0.222. The monoisotopic (exact) mass is 517 g/mol. The molecule has 0 bridgehead atoms. The zero-order valence-electron chi connectivity index (χ0n) is 21.8. The van der Waals surface area contributed by atoms with Crippen LogP contribution >= 0.6 is 12.2 Å². The number of fused-ring (bicyclic) bond motifs is 2. The minimum atomic E-state index is 0.150. The van der Waals surface area contributed by atoms with Gasteiger partial charge in [0, 0.05) is 31.4 Å². The first-order valence-corrected chi connectivity index (χ1v) is 14.7. The van der Waals surface area contributed by atoms with Crippen LogP contribution in [0.4, 0.5) is 5.69 Å². The highest BCUT2D eigenvalue weighted by atomic mass is 32.1. The number of nitrogens with zero attached hydrogens (tertiary/aromatic N) is 4. The second-order valence-corrected chi connectivity index (χ2v) is 11.4. The number of aryl methyl sites for hydroxylation is 3. The molecule has 0 radical (unpaired) electrons. The minimum absolute atomic E-state index is 0.150. The van der Waals surface area contributed by atoms with Gasteiger partial charge in [0.1, 0.15) is 0 Å². The van der Waals surface area contributed by atoms with Crippen molar-refractivity contribution >= 4 is 34.1 Å². The van der Waals surface area contributed by atoms with Crippen molar-refractivity contribution in [1.29, 1.82) is 0 Å². The maximum Gasteiger partial charge on any atom is 0.329 e. The molecule has 0 unspecified atom stereocenters. The Balaban J connectivity index is 1.11. The first-order chi connectivity index (χ1) is 18.2. The minimum Gasteiger partial charge on any atom is -0.349 e. The number of aromatic nitrogens is 2. The van der Waals surface area contributed by atoms with E-state index in [0.717, 1.165) is 67.3 Å². The number of rotatable bonds is 6. The average molecular weight is 518 g/mol. The standard InChI is InChI=1S/C30H39N5OS/c36-30-34(19-7-18-32-16-4-1-5-17-32)27-10-2-3-11-28(27)35(30)26-14-20-33(21-15-26)29(37)31-25-13-12-23-8-6-9-24(23)22-25/h2-3,10-13,22,26H,1,4-9,14-21H2,(H,31,37). The molecule has 37 heavy (non-hydrogen) atoms. The summed E-state index contributed by atoms with van der Waals surface area (Å²) in [5.41, 5.74) is 6.32. The average Bonchev–Trinajstić information content (AvgIpc) is 3.51. The van der Waals surface area contributed by atoms with Crippen LogP contribution in [0, 0.1) is 0 Å². The summed E-state index contributed by atoms with van der Waals surface area (Å²) in [6.45, 7) is 6.01. The van der Waals surface area contributed by atoms with Crippen LogP contribution in [-0.2, 0) is 19.4 Å². The Labute approximate surface area is 225 Å². The summed E-state index contributed by atoms with van der Waals surface area (Å²) in [7, 11) is 0. The fourth-order valence-electron chi connectivity index (χ4n) is 6.62. The Morgan fingerprint density at radius 1 is 0.865 bits per heavy atom. The van der Waals surface area contributed by atoms with Gasteiger partial charge in [0.15, 0.2) is 5.11 Å². The molecule has 3 aromatic rings. The van der Waals surface area contributed by atoms with Crippen molar-refractivity contribution in [2.75, 3.05) is 38.0 Å². The van der Waals surface area contributed by atoms with E-state index in [1.54, 1.807) is 0 Å². The molecule has 2 fully saturated rings. The number of anilines is 1. The largest absolute Gasteiger partial charge is 0.349 e. The molecule has 1 N–H and O–H groups in total. The summed E-state index contributed by atoms with van der Waals surface area (Å²) in [6.07, 6.45) is 10.5. The van der Waals surface area contributed by atoms with E-state index >= 15 is 0 Å². The molecule has 2 saturated heterocycles. The van der Waals surface area contributed by atoms with Crippen molar-refractivity contribution in [3.63, 3.8) is 0 Å². The fourth-order valence-corrected chi connectivity index (χ4v) is 6.92. The van der Waals surface area contributed by atoms with Crippen molar-refractivity contribution in [2.45, 2.75) is 70.4 Å². The second-order valence-electron chi connectivity index (χ2n) is 11.0. The summed E-state index contributed by atoms with van der Waals surface area (Å²) in [5.74, 6) is 0. The Morgan fingerprint density at radius 2 is 1.62 bits per heavy atom. The van der Waals surface area contributed by atoms with Crippen LogP contribution < -0.4 is 11.0 Å². The molecule has 2 aromatic carbocycles. The molecule has 6 rings (SSSR count). The summed E-state index contributed by atoms with van der Waals surface area (Å²) in [4.78, 5) is 18.5. The van der Waals surface area contributed by atoms with Gasteiger partial charge < -0.3 is 15.1 Å². The molecule has 3 heterocycles. The molecule has 7 heteroatoms. The van der Waals surface area contributed by atoms with Crippen LogP contribution in [0.25, 0.3) is 11.0 Å². The van der Waals surface area contributed by atoms with Crippen LogP contribution in [0.1, 0.15) is 62.1 Å². The van der Waals surface area contributed by atoms with Crippen molar-refractivity contribution < 1.29 is 0 Å². The van der Waals surface area contributed by atoms with Gasteiger partial charge >= 0.3 is 5.69 Å². The lowest BCUT2D eigenvalue weighted by atomic mass is 10.0. The van der Waals surface area contributed by atoms with E-state index in [9.17, 15) is 4.79 Å². The fraction of sp³-hybridized carbons (Fsp3) is 0.533. The SMILES string of the molecule is O=c1n(CCCN2CCCCC2)c2ccccc2n1C1CCN(C(=S)Nc2ccc3c(c2)CCC3)CC1. The van der Waals surface area contributed by atoms with E-state index in [4.69, 9.17) is 12.2 Å². The molecule has 0 saturated carbocycles. The first-order valence-electron chi connectivity index (χ1n) is 14.3. The van der Waals surface area contributed by atoms with Gasteiger partial charge in [-0.05, 0) is 119 Å². The molecule has 6 nitrogen and oxygen atoms in total. The number of nitrogens with one attached hydrogen (secondary N) is 1. The Hall–Kier alpha value is -2.64. The summed E-state index contributed by atoms with van der Waals surface area (Å²) >= 11 is 5.79. The normalized spacial score (nSPS) is 18.9. The maximum atomic E-state index is 13.7. The Morgan fingerprint density at radius 3 is 2.43 bits per heavy atom. The Kier molecular flexibility index (Phi) is 7.34. The van der Waals surface area contributed by atoms with Gasteiger partial charge in [-0.15, -0.1) is 0 Å². The van der Waals surface area contributed by atoms with Crippen LogP contribution in [-0.4, -0.2) is 56.8 Å². The number of hydrogen-bond acceptors (Lipinski definition) is 3. The lowest BCUT2D eigenvalue weighted by Crippen LogP contribution is -2.42. The molecular weight excluding hydrogens is 478 g/mol. The highest BCUT2D eigenvalue weighted by molar-refractivity contribution is 7.80. The van der Waals surface area contributed by atoms with E-state index < -0.39 is 0 Å². The number of para-hydroxylation sites is 2. The van der Waals surface area contributed by atoms with Gasteiger partial charge in [0.05, 0.1) is 11.0 Å². The molecular formula is C30H39N5OS. The quantitative estimate of drug-likeness (QED) is 0.456. The van der Waals surface area contributed by atoms with Crippen molar-refractivity contribution in [3.8, 4) is 0 Å². The second kappa shape index (κ2) is 11.0. The Bertz CT molecular complexity index is 1310. The smallest absolute Gasteiger partial charge is 0.329 e.